The highest BCUT2D eigenvalue weighted by Crippen LogP contribution is 2.67. The van der Waals surface area contributed by atoms with Crippen molar-refractivity contribution < 1.29 is 27.4 Å². The van der Waals surface area contributed by atoms with Crippen LogP contribution in [-0.2, 0) is 43.6 Å². The lowest BCUT2D eigenvalue weighted by atomic mass is 9.48. The molecular formula is C34H44N2O6S. The maximum absolute atomic E-state index is 13.9. The molecule has 5 aliphatic rings. The van der Waals surface area contributed by atoms with E-state index in [0.29, 0.717) is 36.2 Å². The van der Waals surface area contributed by atoms with Crippen LogP contribution >= 0.6 is 0 Å². The molecule has 8 nitrogen and oxygen atoms in total. The Morgan fingerprint density at radius 2 is 1.88 bits per heavy atom. The largest absolute Gasteiger partial charge is 0.493 e. The van der Waals surface area contributed by atoms with Crippen LogP contribution in [0.15, 0.2) is 36.4 Å². The Labute approximate surface area is 255 Å². The molecule has 2 saturated carbocycles. The predicted molar refractivity (Wildman–Crippen MR) is 164 cm³/mol. The molecule has 1 spiro atoms. The molecule has 2 heterocycles. The Hall–Kier alpha value is -2.62. The summed E-state index contributed by atoms with van der Waals surface area (Å²) >= 11 is 0. The van der Waals surface area contributed by atoms with Crippen LogP contribution in [0.2, 0.25) is 0 Å². The van der Waals surface area contributed by atoms with Crippen LogP contribution < -0.4 is 14.2 Å². The summed E-state index contributed by atoms with van der Waals surface area (Å²) in [5.41, 5.74) is 2.69. The number of ether oxygens (including phenoxy) is 3. The van der Waals surface area contributed by atoms with Crippen LogP contribution in [0.1, 0.15) is 75.1 Å². The van der Waals surface area contributed by atoms with E-state index in [1.165, 1.54) is 25.3 Å². The van der Waals surface area contributed by atoms with E-state index >= 15 is 0 Å². The molecule has 2 aromatic carbocycles. The summed E-state index contributed by atoms with van der Waals surface area (Å²) in [5, 5.41) is 0. The van der Waals surface area contributed by atoms with E-state index in [4.69, 9.17) is 14.2 Å². The molecule has 0 amide bonds. The number of nitrogens with zero attached hydrogens (tertiary/aromatic N) is 1. The summed E-state index contributed by atoms with van der Waals surface area (Å²) in [4.78, 5) is 15.5. The number of piperidine rings is 1. The van der Waals surface area contributed by atoms with Gasteiger partial charge in [-0.1, -0.05) is 44.2 Å². The van der Waals surface area contributed by atoms with Crippen molar-refractivity contribution >= 4 is 16.0 Å². The SMILES string of the molecule is COc1ccc2c3c1O[C@H]1[C@@H](NS(=O)(=O)Cc4ccccc4CC(C)C)CC[C@@]4(OC(C)=O)[C@@H](C2)N(CC2CC2)CC[C@]314. The van der Waals surface area contributed by atoms with Crippen LogP contribution in [0.4, 0.5) is 0 Å². The van der Waals surface area contributed by atoms with E-state index in [1.807, 2.05) is 30.3 Å². The van der Waals surface area contributed by atoms with Gasteiger partial charge in [0.2, 0.25) is 10.0 Å². The zero-order chi connectivity index (χ0) is 30.1. The van der Waals surface area contributed by atoms with Gasteiger partial charge in [-0.2, -0.15) is 0 Å². The molecule has 5 atom stereocenters. The summed E-state index contributed by atoms with van der Waals surface area (Å²) < 4.78 is 50.1. The minimum Gasteiger partial charge on any atom is -0.493 e. The smallest absolute Gasteiger partial charge is 0.303 e. The first-order chi connectivity index (χ1) is 20.6. The molecule has 0 aromatic heterocycles. The fourth-order valence-electron chi connectivity index (χ4n) is 9.00. The van der Waals surface area contributed by atoms with Crippen LogP contribution in [0.3, 0.4) is 0 Å². The van der Waals surface area contributed by atoms with Crippen molar-refractivity contribution in [3.8, 4) is 11.5 Å². The highest BCUT2D eigenvalue weighted by molar-refractivity contribution is 7.88. The molecule has 2 bridgehead atoms. The van der Waals surface area contributed by atoms with E-state index in [2.05, 4.69) is 29.5 Å². The monoisotopic (exact) mass is 608 g/mol. The number of benzene rings is 2. The van der Waals surface area contributed by atoms with Crippen LogP contribution in [0.25, 0.3) is 0 Å². The first-order valence-corrected chi connectivity index (χ1v) is 17.6. The van der Waals surface area contributed by atoms with Gasteiger partial charge in [0.25, 0.3) is 0 Å². The molecule has 9 heteroatoms. The topological polar surface area (TPSA) is 94.2 Å². The van der Waals surface area contributed by atoms with Crippen LogP contribution in [-0.4, -0.2) is 63.3 Å². The van der Waals surface area contributed by atoms with Gasteiger partial charge < -0.3 is 14.2 Å². The molecular weight excluding hydrogens is 564 g/mol. The lowest BCUT2D eigenvalue weighted by Gasteiger charge is -2.65. The number of nitrogens with one attached hydrogen (secondary N) is 1. The lowest BCUT2D eigenvalue weighted by Crippen LogP contribution is -2.79. The zero-order valence-electron chi connectivity index (χ0n) is 25.7. The number of likely N-dealkylation sites (tertiary alicyclic amines) is 1. The highest BCUT2D eigenvalue weighted by atomic mass is 32.2. The molecule has 7 rings (SSSR count). The number of esters is 1. The first kappa shape index (κ1) is 29.1. The quantitative estimate of drug-likeness (QED) is 0.397. The third kappa shape index (κ3) is 4.68. The lowest BCUT2D eigenvalue weighted by molar-refractivity contribution is -0.218. The Morgan fingerprint density at radius 3 is 2.58 bits per heavy atom. The zero-order valence-corrected chi connectivity index (χ0v) is 26.5. The number of hydrogen-bond acceptors (Lipinski definition) is 7. The van der Waals surface area contributed by atoms with Crippen LogP contribution in [0, 0.1) is 11.8 Å². The van der Waals surface area contributed by atoms with Gasteiger partial charge in [0.15, 0.2) is 11.5 Å². The summed E-state index contributed by atoms with van der Waals surface area (Å²) in [6, 6.07) is 11.5. The number of carbonyl (C=O) groups is 1. The van der Waals surface area contributed by atoms with Gasteiger partial charge in [-0.05, 0) is 86.1 Å². The Kier molecular flexibility index (Phi) is 7.10. The van der Waals surface area contributed by atoms with Crippen molar-refractivity contribution in [1.82, 2.24) is 9.62 Å². The van der Waals surface area contributed by atoms with E-state index < -0.39 is 33.2 Å². The number of rotatable bonds is 10. The Bertz CT molecular complexity index is 1540. The average molecular weight is 609 g/mol. The van der Waals surface area contributed by atoms with Gasteiger partial charge in [0.05, 0.1) is 30.4 Å². The fourth-order valence-corrected chi connectivity index (χ4v) is 10.5. The summed E-state index contributed by atoms with van der Waals surface area (Å²) in [5.74, 6) is 2.07. The number of hydrogen-bond donors (Lipinski definition) is 1. The van der Waals surface area contributed by atoms with Gasteiger partial charge in [0, 0.05) is 19.0 Å². The Balaban J connectivity index is 1.28. The van der Waals surface area contributed by atoms with E-state index in [1.54, 1.807) is 7.11 Å². The van der Waals surface area contributed by atoms with Gasteiger partial charge >= 0.3 is 5.97 Å². The second-order valence-corrected chi connectivity index (χ2v) is 15.7. The fraction of sp³-hybridized carbons (Fsp3) is 0.618. The van der Waals surface area contributed by atoms with Crippen molar-refractivity contribution in [2.75, 3.05) is 20.2 Å². The van der Waals surface area contributed by atoms with Gasteiger partial charge in [0.1, 0.15) is 11.7 Å². The van der Waals surface area contributed by atoms with Gasteiger partial charge in [-0.3, -0.25) is 9.69 Å². The summed E-state index contributed by atoms with van der Waals surface area (Å²) in [6.07, 6.45) is 5.41. The molecule has 2 aliphatic heterocycles. The van der Waals surface area contributed by atoms with E-state index in [0.717, 1.165) is 49.0 Å². The Morgan fingerprint density at radius 1 is 1.12 bits per heavy atom. The maximum Gasteiger partial charge on any atom is 0.303 e. The number of methoxy groups -OCH3 is 1. The average Bonchev–Trinajstić information content (AvgIpc) is 3.69. The normalized spacial score (nSPS) is 31.0. The third-order valence-corrected chi connectivity index (χ3v) is 12.0. The molecule has 1 saturated heterocycles. The maximum atomic E-state index is 13.9. The summed E-state index contributed by atoms with van der Waals surface area (Å²) in [7, 11) is -2.08. The molecule has 3 fully saturated rings. The molecule has 3 aliphatic carbocycles. The molecule has 2 aromatic rings. The second kappa shape index (κ2) is 10.5. The molecule has 232 valence electrons. The van der Waals surface area contributed by atoms with E-state index in [-0.39, 0.29) is 17.8 Å². The van der Waals surface area contributed by atoms with Crippen molar-refractivity contribution in [3.63, 3.8) is 0 Å². The molecule has 1 N–H and O–H groups in total. The van der Waals surface area contributed by atoms with Crippen molar-refractivity contribution in [2.24, 2.45) is 11.8 Å². The highest BCUT2D eigenvalue weighted by Gasteiger charge is 2.75. The van der Waals surface area contributed by atoms with Gasteiger partial charge in [-0.15, -0.1) is 0 Å². The van der Waals surface area contributed by atoms with Gasteiger partial charge in [-0.25, -0.2) is 13.1 Å². The van der Waals surface area contributed by atoms with Crippen LogP contribution in [0.5, 0.6) is 11.5 Å². The number of sulfonamides is 1. The second-order valence-electron chi connectivity index (χ2n) is 13.9. The minimum absolute atomic E-state index is 0.0177. The molecule has 0 radical (unpaired) electrons. The number of carbonyl (C=O) groups excluding carboxylic acids is 1. The van der Waals surface area contributed by atoms with Crippen molar-refractivity contribution in [3.05, 3.63) is 58.7 Å². The predicted octanol–water partition coefficient (Wildman–Crippen LogP) is 4.52. The molecule has 0 unspecified atom stereocenters. The third-order valence-electron chi connectivity index (χ3n) is 10.7. The van der Waals surface area contributed by atoms with Crippen molar-refractivity contribution in [1.29, 1.82) is 0 Å². The first-order valence-electron chi connectivity index (χ1n) is 15.9. The summed E-state index contributed by atoms with van der Waals surface area (Å²) in [6.45, 7) is 7.67. The van der Waals surface area contributed by atoms with E-state index in [9.17, 15) is 13.2 Å². The standard InChI is InChI=1S/C34H44N2O6S/c1-21(2)17-24-7-5-6-8-26(24)20-43(38,39)35-27-13-14-34(42-22(3)37)29-18-25-11-12-28(40-4)31-30(25)33(34,32(27)41-31)15-16-36(29)19-23-9-10-23/h5-8,11-12,21,23,27,29,32,35H,9-10,13-20H2,1-4H3/t27-,29+,32-,33-,34+/m0/s1. The minimum atomic E-state index is -3.71. The molecule has 43 heavy (non-hydrogen) atoms. The van der Waals surface area contributed by atoms with Crippen molar-refractivity contribution in [2.45, 2.75) is 101 Å².